The average molecular weight is 348 g/mol. The molecule has 0 radical (unpaired) electrons. The van der Waals surface area contributed by atoms with Gasteiger partial charge in [-0.3, -0.25) is 0 Å². The van der Waals surface area contributed by atoms with E-state index in [4.69, 9.17) is 0 Å². The zero-order valence-corrected chi connectivity index (χ0v) is 16.2. The van der Waals surface area contributed by atoms with Gasteiger partial charge in [0, 0.05) is 0 Å². The minimum absolute atomic E-state index is 1.26. The summed E-state index contributed by atoms with van der Waals surface area (Å²) in [5, 5.41) is 0. The molecule has 0 aliphatic carbocycles. The van der Waals surface area contributed by atoms with Gasteiger partial charge >= 0.3 is 0 Å². The van der Waals surface area contributed by atoms with Crippen molar-refractivity contribution in [1.82, 2.24) is 0 Å². The first-order valence-electron chi connectivity index (χ1n) is 9.46. The maximum Gasteiger partial charge on any atom is -0.00268 e. The molecule has 0 saturated carbocycles. The monoisotopic (exact) mass is 348 g/mol. The Labute approximate surface area is 162 Å². The van der Waals surface area contributed by atoms with E-state index in [-0.39, 0.29) is 0 Å². The first kappa shape index (κ1) is 17.3. The van der Waals surface area contributed by atoms with Crippen LogP contribution in [0.4, 0.5) is 0 Å². The zero-order chi connectivity index (χ0) is 18.8. The number of hydrogen-bond donors (Lipinski definition) is 0. The molecule has 0 fully saturated rings. The SMILES string of the molecule is Cc1ccc(-c2c(-c3cccc(C)c3)cccc2-c2cccc(C)c2)cc1. The van der Waals surface area contributed by atoms with E-state index in [1.54, 1.807) is 0 Å². The topological polar surface area (TPSA) is 0 Å². The number of rotatable bonds is 3. The molecule has 0 nitrogen and oxygen atoms in total. The molecule has 0 aromatic heterocycles. The Kier molecular flexibility index (Phi) is 4.64. The van der Waals surface area contributed by atoms with Crippen LogP contribution in [0.15, 0.2) is 91.0 Å². The molecule has 0 aliphatic rings. The van der Waals surface area contributed by atoms with Gasteiger partial charge in [0.05, 0.1) is 0 Å². The Morgan fingerprint density at radius 1 is 0.407 bits per heavy atom. The van der Waals surface area contributed by atoms with Crippen LogP contribution in [0.5, 0.6) is 0 Å². The summed E-state index contributed by atoms with van der Waals surface area (Å²) in [6.07, 6.45) is 0. The minimum Gasteiger partial charge on any atom is -0.0614 e. The third-order valence-corrected chi connectivity index (χ3v) is 5.06. The van der Waals surface area contributed by atoms with Crippen molar-refractivity contribution in [3.05, 3.63) is 108 Å². The molecule has 132 valence electrons. The van der Waals surface area contributed by atoms with E-state index in [0.29, 0.717) is 0 Å². The van der Waals surface area contributed by atoms with Crippen LogP contribution in [-0.4, -0.2) is 0 Å². The standard InChI is InChI=1S/C27H24/c1-19-13-15-22(16-14-19)27-25(23-9-4-7-20(2)17-23)11-6-12-26(27)24-10-5-8-21(3)18-24/h4-18H,1-3H3. The highest BCUT2D eigenvalue weighted by Crippen LogP contribution is 2.40. The van der Waals surface area contributed by atoms with Crippen molar-refractivity contribution in [2.75, 3.05) is 0 Å². The van der Waals surface area contributed by atoms with Gasteiger partial charge in [-0.1, -0.05) is 108 Å². The van der Waals surface area contributed by atoms with Crippen LogP contribution in [0.1, 0.15) is 16.7 Å². The maximum absolute atomic E-state index is 2.27. The van der Waals surface area contributed by atoms with Gasteiger partial charge < -0.3 is 0 Å². The molecule has 0 heteroatoms. The Bertz CT molecular complexity index is 1020. The molecular formula is C27H24. The first-order valence-corrected chi connectivity index (χ1v) is 9.46. The molecule has 4 aromatic carbocycles. The summed E-state index contributed by atoms with van der Waals surface area (Å²) in [5.74, 6) is 0. The minimum atomic E-state index is 1.26. The molecule has 0 atom stereocenters. The second kappa shape index (κ2) is 7.25. The van der Waals surface area contributed by atoms with E-state index in [1.165, 1.54) is 50.1 Å². The fraction of sp³-hybridized carbons (Fsp3) is 0.111. The van der Waals surface area contributed by atoms with Gasteiger partial charge in [0.25, 0.3) is 0 Å². The highest BCUT2D eigenvalue weighted by atomic mass is 14.2. The van der Waals surface area contributed by atoms with E-state index in [2.05, 4.69) is 112 Å². The van der Waals surface area contributed by atoms with Crippen LogP contribution in [0.3, 0.4) is 0 Å². The fourth-order valence-electron chi connectivity index (χ4n) is 3.69. The molecule has 0 N–H and O–H groups in total. The second-order valence-electron chi connectivity index (χ2n) is 7.33. The predicted octanol–water partition coefficient (Wildman–Crippen LogP) is 7.61. The van der Waals surface area contributed by atoms with Crippen molar-refractivity contribution in [3.8, 4) is 33.4 Å². The smallest absolute Gasteiger partial charge is 0.00268 e. The summed E-state index contributed by atoms with van der Waals surface area (Å²) < 4.78 is 0. The lowest BCUT2D eigenvalue weighted by atomic mass is 9.87. The third kappa shape index (κ3) is 3.57. The molecule has 0 amide bonds. The van der Waals surface area contributed by atoms with E-state index < -0.39 is 0 Å². The summed E-state index contributed by atoms with van der Waals surface area (Å²) in [7, 11) is 0. The van der Waals surface area contributed by atoms with Crippen LogP contribution >= 0.6 is 0 Å². The van der Waals surface area contributed by atoms with Gasteiger partial charge in [0.2, 0.25) is 0 Å². The van der Waals surface area contributed by atoms with Crippen molar-refractivity contribution in [3.63, 3.8) is 0 Å². The average Bonchev–Trinajstić information content (AvgIpc) is 2.68. The van der Waals surface area contributed by atoms with Gasteiger partial charge in [-0.15, -0.1) is 0 Å². The molecule has 27 heavy (non-hydrogen) atoms. The Hall–Kier alpha value is -3.12. The van der Waals surface area contributed by atoms with Gasteiger partial charge in [-0.2, -0.15) is 0 Å². The molecule has 0 heterocycles. The summed E-state index contributed by atoms with van der Waals surface area (Å²) in [5.41, 5.74) is 11.5. The molecule has 0 aliphatic heterocycles. The largest absolute Gasteiger partial charge is 0.0614 e. The highest BCUT2D eigenvalue weighted by Gasteiger charge is 2.14. The number of aryl methyl sites for hydroxylation is 3. The Balaban J connectivity index is 2.02. The Morgan fingerprint density at radius 2 is 0.889 bits per heavy atom. The summed E-state index contributed by atoms with van der Waals surface area (Å²) >= 11 is 0. The highest BCUT2D eigenvalue weighted by molar-refractivity contribution is 5.94. The molecule has 0 unspecified atom stereocenters. The van der Waals surface area contributed by atoms with Gasteiger partial charge in [-0.05, 0) is 54.2 Å². The van der Waals surface area contributed by atoms with Crippen LogP contribution in [0, 0.1) is 20.8 Å². The van der Waals surface area contributed by atoms with E-state index in [0.717, 1.165) is 0 Å². The van der Waals surface area contributed by atoms with Gasteiger partial charge in [0.1, 0.15) is 0 Å². The second-order valence-corrected chi connectivity index (χ2v) is 7.33. The molecule has 0 spiro atoms. The van der Waals surface area contributed by atoms with Crippen LogP contribution < -0.4 is 0 Å². The molecule has 4 aromatic rings. The van der Waals surface area contributed by atoms with Gasteiger partial charge in [-0.25, -0.2) is 0 Å². The van der Waals surface area contributed by atoms with Crippen molar-refractivity contribution < 1.29 is 0 Å². The lowest BCUT2D eigenvalue weighted by molar-refractivity contribution is 1.44. The van der Waals surface area contributed by atoms with E-state index in [9.17, 15) is 0 Å². The summed E-state index contributed by atoms with van der Waals surface area (Å²) in [6.45, 7) is 6.44. The molecule has 4 rings (SSSR count). The quantitative estimate of drug-likeness (QED) is 0.357. The van der Waals surface area contributed by atoms with Crippen LogP contribution in [0.2, 0.25) is 0 Å². The molecule has 0 bridgehead atoms. The van der Waals surface area contributed by atoms with Gasteiger partial charge in [0.15, 0.2) is 0 Å². The molecular weight excluding hydrogens is 324 g/mol. The zero-order valence-electron chi connectivity index (χ0n) is 16.2. The number of hydrogen-bond acceptors (Lipinski definition) is 0. The maximum atomic E-state index is 2.27. The van der Waals surface area contributed by atoms with E-state index in [1.807, 2.05) is 0 Å². The van der Waals surface area contributed by atoms with Crippen LogP contribution in [-0.2, 0) is 0 Å². The third-order valence-electron chi connectivity index (χ3n) is 5.06. The van der Waals surface area contributed by atoms with E-state index >= 15 is 0 Å². The van der Waals surface area contributed by atoms with Crippen molar-refractivity contribution >= 4 is 0 Å². The number of benzene rings is 4. The predicted molar refractivity (Wildman–Crippen MR) is 117 cm³/mol. The first-order chi connectivity index (χ1) is 13.1. The lowest BCUT2D eigenvalue weighted by Crippen LogP contribution is -1.91. The normalized spacial score (nSPS) is 10.8. The Morgan fingerprint density at radius 3 is 1.37 bits per heavy atom. The van der Waals surface area contributed by atoms with Crippen LogP contribution in [0.25, 0.3) is 33.4 Å². The van der Waals surface area contributed by atoms with Crippen molar-refractivity contribution in [2.24, 2.45) is 0 Å². The summed E-state index contributed by atoms with van der Waals surface area (Å²) in [6, 6.07) is 33.1. The summed E-state index contributed by atoms with van der Waals surface area (Å²) in [4.78, 5) is 0. The lowest BCUT2D eigenvalue weighted by Gasteiger charge is -2.17. The van der Waals surface area contributed by atoms with Crippen molar-refractivity contribution in [2.45, 2.75) is 20.8 Å². The fourth-order valence-corrected chi connectivity index (χ4v) is 3.69. The van der Waals surface area contributed by atoms with Crippen molar-refractivity contribution in [1.29, 1.82) is 0 Å². The molecule has 0 saturated heterocycles.